The van der Waals surface area contributed by atoms with E-state index in [0.717, 1.165) is 24.8 Å². The molecule has 1 heterocycles. The molecule has 1 saturated heterocycles. The van der Waals surface area contributed by atoms with Gasteiger partial charge in [0.05, 0.1) is 4.90 Å². The van der Waals surface area contributed by atoms with Crippen molar-refractivity contribution >= 4 is 28.3 Å². The van der Waals surface area contributed by atoms with E-state index in [1.807, 2.05) is 19.1 Å². The van der Waals surface area contributed by atoms with Gasteiger partial charge in [0.2, 0.25) is 15.9 Å². The first-order valence-corrected chi connectivity index (χ1v) is 10.9. The molecular weight excluding hydrogens is 386 g/mol. The molecular formula is C19H30ClN3O3S. The van der Waals surface area contributed by atoms with Crippen LogP contribution in [0.15, 0.2) is 23.1 Å². The van der Waals surface area contributed by atoms with E-state index < -0.39 is 10.0 Å². The Bertz CT molecular complexity index is 776. The molecule has 2 aliphatic rings. The molecule has 1 unspecified atom stereocenters. The molecule has 3 rings (SSSR count). The van der Waals surface area contributed by atoms with Gasteiger partial charge < -0.3 is 10.6 Å². The number of nitrogens with two attached hydrogens (primary N) is 1. The maximum Gasteiger partial charge on any atom is 0.243 e. The number of fused-ring (bicyclic) bond motifs is 1. The molecule has 1 atom stereocenters. The fourth-order valence-corrected chi connectivity index (χ4v) is 5.39. The molecule has 0 bridgehead atoms. The summed E-state index contributed by atoms with van der Waals surface area (Å²) >= 11 is 0. The highest BCUT2D eigenvalue weighted by Gasteiger charge is 2.34. The van der Waals surface area contributed by atoms with Gasteiger partial charge in [0, 0.05) is 38.6 Å². The number of carbonyl (C=O) groups is 1. The number of hydrogen-bond donors (Lipinski definition) is 1. The van der Waals surface area contributed by atoms with Crippen molar-refractivity contribution in [3.63, 3.8) is 0 Å². The molecule has 8 heteroatoms. The summed E-state index contributed by atoms with van der Waals surface area (Å²) in [6.07, 6.45) is 4.22. The number of piperidine rings is 1. The van der Waals surface area contributed by atoms with Crippen molar-refractivity contribution in [1.29, 1.82) is 0 Å². The lowest BCUT2D eigenvalue weighted by Gasteiger charge is -2.34. The largest absolute Gasteiger partial charge is 0.342 e. The van der Waals surface area contributed by atoms with Crippen LogP contribution in [-0.2, 0) is 27.7 Å². The van der Waals surface area contributed by atoms with Crippen LogP contribution in [0.25, 0.3) is 0 Å². The Kier molecular flexibility index (Phi) is 7.30. The molecule has 1 amide bonds. The predicted molar refractivity (Wildman–Crippen MR) is 108 cm³/mol. The van der Waals surface area contributed by atoms with Crippen LogP contribution in [0.4, 0.5) is 0 Å². The summed E-state index contributed by atoms with van der Waals surface area (Å²) < 4.78 is 27.5. The van der Waals surface area contributed by atoms with Crippen molar-refractivity contribution in [3.8, 4) is 0 Å². The van der Waals surface area contributed by atoms with Gasteiger partial charge in [-0.1, -0.05) is 6.07 Å². The van der Waals surface area contributed by atoms with E-state index in [-0.39, 0.29) is 30.3 Å². The Balaban J connectivity index is 0.00000261. The quantitative estimate of drug-likeness (QED) is 0.794. The van der Waals surface area contributed by atoms with E-state index in [2.05, 4.69) is 0 Å². The molecule has 152 valence electrons. The van der Waals surface area contributed by atoms with Gasteiger partial charge in [-0.3, -0.25) is 4.79 Å². The van der Waals surface area contributed by atoms with E-state index in [0.29, 0.717) is 37.4 Å². The van der Waals surface area contributed by atoms with Gasteiger partial charge in [-0.25, -0.2) is 8.42 Å². The Morgan fingerprint density at radius 2 is 1.89 bits per heavy atom. The highest BCUT2D eigenvalue weighted by molar-refractivity contribution is 7.89. The molecule has 1 aliphatic heterocycles. The number of aryl methyl sites for hydroxylation is 2. The van der Waals surface area contributed by atoms with Crippen molar-refractivity contribution in [2.75, 3.05) is 26.7 Å². The van der Waals surface area contributed by atoms with E-state index in [9.17, 15) is 13.2 Å². The number of carbonyl (C=O) groups excluding carboxylic acids is 1. The van der Waals surface area contributed by atoms with Crippen LogP contribution < -0.4 is 5.73 Å². The Morgan fingerprint density at radius 1 is 1.26 bits per heavy atom. The number of likely N-dealkylation sites (N-methyl/N-ethyl adjacent to an activating group) is 1. The van der Waals surface area contributed by atoms with E-state index >= 15 is 0 Å². The number of amides is 1. The minimum Gasteiger partial charge on any atom is -0.342 e. The molecule has 27 heavy (non-hydrogen) atoms. The molecule has 2 N–H and O–H groups in total. The first-order valence-electron chi connectivity index (χ1n) is 9.43. The maximum atomic E-state index is 13.0. The summed E-state index contributed by atoms with van der Waals surface area (Å²) in [5, 5.41) is 0. The minimum absolute atomic E-state index is 0. The van der Waals surface area contributed by atoms with Gasteiger partial charge in [0.15, 0.2) is 0 Å². The third-order valence-corrected chi connectivity index (χ3v) is 7.76. The van der Waals surface area contributed by atoms with Crippen LogP contribution >= 0.6 is 12.4 Å². The number of benzene rings is 1. The van der Waals surface area contributed by atoms with Crippen molar-refractivity contribution in [3.05, 3.63) is 29.3 Å². The maximum absolute atomic E-state index is 13.0. The summed E-state index contributed by atoms with van der Waals surface area (Å²) in [5.74, 6) is -0.0574. The molecule has 1 aliphatic carbocycles. The van der Waals surface area contributed by atoms with Crippen molar-refractivity contribution in [1.82, 2.24) is 9.21 Å². The van der Waals surface area contributed by atoms with Crippen molar-refractivity contribution < 1.29 is 13.2 Å². The summed E-state index contributed by atoms with van der Waals surface area (Å²) in [4.78, 5) is 14.6. The zero-order chi connectivity index (χ0) is 18.9. The molecule has 0 aromatic heterocycles. The topological polar surface area (TPSA) is 83.7 Å². The SMILES string of the molecule is CC(CN)N(C)C(=O)C1CCN(S(=O)(=O)c2ccc3c(c2)CCC3)CC1.Cl. The molecule has 0 saturated carbocycles. The molecule has 1 aromatic carbocycles. The third-order valence-electron chi connectivity index (χ3n) is 5.86. The fourth-order valence-electron chi connectivity index (χ4n) is 3.86. The Labute approximate surface area is 168 Å². The second-order valence-corrected chi connectivity index (χ2v) is 9.43. The first-order chi connectivity index (χ1) is 12.3. The summed E-state index contributed by atoms with van der Waals surface area (Å²) in [6, 6.07) is 5.52. The van der Waals surface area contributed by atoms with Crippen LogP contribution in [0, 0.1) is 5.92 Å². The Morgan fingerprint density at radius 3 is 2.52 bits per heavy atom. The van der Waals surface area contributed by atoms with Crippen LogP contribution in [0.1, 0.15) is 37.3 Å². The van der Waals surface area contributed by atoms with Gasteiger partial charge in [0.25, 0.3) is 0 Å². The fraction of sp³-hybridized carbons (Fsp3) is 0.632. The van der Waals surface area contributed by atoms with Crippen LogP contribution in [0.2, 0.25) is 0 Å². The molecule has 6 nitrogen and oxygen atoms in total. The normalized spacial score (nSPS) is 19.2. The number of halogens is 1. The van der Waals surface area contributed by atoms with Gasteiger partial charge >= 0.3 is 0 Å². The lowest BCUT2D eigenvalue weighted by molar-refractivity contribution is -0.137. The number of nitrogens with zero attached hydrogens (tertiary/aromatic N) is 2. The van der Waals surface area contributed by atoms with E-state index in [4.69, 9.17) is 5.73 Å². The van der Waals surface area contributed by atoms with Crippen molar-refractivity contribution in [2.24, 2.45) is 11.7 Å². The molecule has 1 aromatic rings. The number of rotatable bonds is 5. The minimum atomic E-state index is -3.49. The molecule has 0 spiro atoms. The summed E-state index contributed by atoms with van der Waals surface area (Å²) in [5.41, 5.74) is 8.07. The van der Waals surface area contributed by atoms with Gasteiger partial charge in [0.1, 0.15) is 0 Å². The van der Waals surface area contributed by atoms with E-state index in [1.165, 1.54) is 9.87 Å². The molecule has 1 fully saturated rings. The van der Waals surface area contributed by atoms with Gasteiger partial charge in [-0.15, -0.1) is 12.4 Å². The van der Waals surface area contributed by atoms with Gasteiger partial charge in [-0.2, -0.15) is 4.31 Å². The monoisotopic (exact) mass is 415 g/mol. The van der Waals surface area contributed by atoms with Gasteiger partial charge in [-0.05, 0) is 62.3 Å². The van der Waals surface area contributed by atoms with Crippen LogP contribution in [0.3, 0.4) is 0 Å². The lowest BCUT2D eigenvalue weighted by atomic mass is 9.96. The second-order valence-electron chi connectivity index (χ2n) is 7.50. The predicted octanol–water partition coefficient (Wildman–Crippen LogP) is 1.80. The summed E-state index contributed by atoms with van der Waals surface area (Å²) in [7, 11) is -1.71. The average Bonchev–Trinajstić information content (AvgIpc) is 3.14. The second kappa shape index (κ2) is 8.90. The Hall–Kier alpha value is -1.15. The highest BCUT2D eigenvalue weighted by atomic mass is 35.5. The van der Waals surface area contributed by atoms with Crippen molar-refractivity contribution in [2.45, 2.75) is 50.0 Å². The average molecular weight is 416 g/mol. The highest BCUT2D eigenvalue weighted by Crippen LogP contribution is 2.29. The zero-order valence-electron chi connectivity index (χ0n) is 16.1. The lowest BCUT2D eigenvalue weighted by Crippen LogP contribution is -2.47. The smallest absolute Gasteiger partial charge is 0.243 e. The van der Waals surface area contributed by atoms with Crippen LogP contribution in [-0.4, -0.2) is 56.3 Å². The number of sulfonamides is 1. The standard InChI is InChI=1S/C19H29N3O3S.ClH/c1-14(13-20)21(2)19(23)16-8-10-22(11-9-16)26(24,25)18-7-6-15-4-3-5-17(15)12-18;/h6-7,12,14,16H,3-5,8-11,13,20H2,1-2H3;1H. The number of hydrogen-bond acceptors (Lipinski definition) is 4. The molecule has 0 radical (unpaired) electrons. The van der Waals surface area contributed by atoms with Crippen LogP contribution in [0.5, 0.6) is 0 Å². The summed E-state index contributed by atoms with van der Waals surface area (Å²) in [6.45, 7) is 3.13. The first kappa shape index (κ1) is 22.1. The third kappa shape index (κ3) is 4.47. The van der Waals surface area contributed by atoms with E-state index in [1.54, 1.807) is 18.0 Å². The zero-order valence-corrected chi connectivity index (χ0v) is 17.7.